The Bertz CT molecular complexity index is 584. The number of para-hydroxylation sites is 1. The van der Waals surface area contributed by atoms with E-state index in [2.05, 4.69) is 20.4 Å². The third-order valence-electron chi connectivity index (χ3n) is 3.69. The van der Waals surface area contributed by atoms with E-state index in [0.29, 0.717) is 44.1 Å². The number of guanidine groups is 1. The lowest BCUT2D eigenvalue weighted by molar-refractivity contribution is -0.130. The first-order chi connectivity index (χ1) is 12.5. The van der Waals surface area contributed by atoms with Gasteiger partial charge in [0.1, 0.15) is 5.75 Å². The molecular weight excluding hydrogens is 469 g/mol. The minimum absolute atomic E-state index is 0. The predicted octanol–water partition coefficient (Wildman–Crippen LogP) is 3.22. The summed E-state index contributed by atoms with van der Waals surface area (Å²) in [6.45, 7) is 5.57. The highest BCUT2D eigenvalue weighted by Crippen LogP contribution is 2.20. The molecule has 9 heteroatoms. The van der Waals surface area contributed by atoms with Crippen LogP contribution in [0.25, 0.3) is 0 Å². The van der Waals surface area contributed by atoms with Crippen molar-refractivity contribution in [2.45, 2.75) is 40.3 Å². The summed E-state index contributed by atoms with van der Waals surface area (Å²) in [4.78, 5) is 18.2. The molecule has 1 rings (SSSR count). The lowest BCUT2D eigenvalue weighted by atomic mass is 10.2. The molecule has 0 fully saturated rings. The number of nitrogens with zero attached hydrogens (tertiary/aromatic N) is 2. The van der Waals surface area contributed by atoms with Crippen LogP contribution >= 0.6 is 24.0 Å². The molecule has 1 aromatic carbocycles. The Kier molecular flexibility index (Phi) is 13.5. The number of hydrogen-bond acceptors (Lipinski definition) is 3. The molecule has 0 radical (unpaired) electrons. The van der Waals surface area contributed by atoms with Gasteiger partial charge < -0.3 is 20.3 Å². The monoisotopic (exact) mass is 498 g/mol. The molecule has 2 N–H and O–H groups in total. The largest absolute Gasteiger partial charge is 0.434 e. The highest BCUT2D eigenvalue weighted by molar-refractivity contribution is 14.0. The van der Waals surface area contributed by atoms with E-state index >= 15 is 0 Å². The topological polar surface area (TPSA) is 66.0 Å². The van der Waals surface area contributed by atoms with E-state index in [1.165, 1.54) is 6.07 Å². The molecule has 154 valence electrons. The molecule has 0 aliphatic heterocycles. The Morgan fingerprint density at radius 3 is 2.44 bits per heavy atom. The maximum absolute atomic E-state index is 12.5. The van der Waals surface area contributed by atoms with Crippen LogP contribution in [-0.4, -0.2) is 49.6 Å². The summed E-state index contributed by atoms with van der Waals surface area (Å²) in [6.07, 6.45) is 0.358. The maximum Gasteiger partial charge on any atom is 0.387 e. The molecule has 0 heterocycles. The van der Waals surface area contributed by atoms with E-state index in [1.807, 2.05) is 20.8 Å². The average Bonchev–Trinajstić information content (AvgIpc) is 2.61. The van der Waals surface area contributed by atoms with E-state index in [0.717, 1.165) is 0 Å². The van der Waals surface area contributed by atoms with Crippen molar-refractivity contribution in [3.63, 3.8) is 0 Å². The number of aliphatic imine (C=N–C) groups is 1. The van der Waals surface area contributed by atoms with Crippen LogP contribution in [0.4, 0.5) is 8.78 Å². The van der Waals surface area contributed by atoms with Gasteiger partial charge in [-0.25, -0.2) is 4.99 Å². The Balaban J connectivity index is 0.00000676. The number of carbonyl (C=O) groups is 1. The number of rotatable bonds is 10. The molecule has 0 saturated carbocycles. The van der Waals surface area contributed by atoms with E-state index in [-0.39, 0.29) is 42.2 Å². The lowest BCUT2D eigenvalue weighted by Gasteiger charge is -2.19. The quantitative estimate of drug-likeness (QED) is 0.296. The smallest absolute Gasteiger partial charge is 0.387 e. The summed E-state index contributed by atoms with van der Waals surface area (Å²) in [6, 6.07) is 6.55. The number of hydrogen-bond donors (Lipinski definition) is 2. The molecule has 27 heavy (non-hydrogen) atoms. The molecular formula is C18H29F2IN4O2. The van der Waals surface area contributed by atoms with Crippen LogP contribution in [0.15, 0.2) is 29.3 Å². The summed E-state index contributed by atoms with van der Waals surface area (Å²) >= 11 is 0. The van der Waals surface area contributed by atoms with E-state index in [1.54, 1.807) is 23.1 Å². The second-order valence-corrected chi connectivity index (χ2v) is 5.42. The van der Waals surface area contributed by atoms with Gasteiger partial charge in [-0.2, -0.15) is 8.78 Å². The molecule has 1 aromatic rings. The summed E-state index contributed by atoms with van der Waals surface area (Å²) in [7, 11) is 0. The minimum Gasteiger partial charge on any atom is -0.434 e. The molecule has 0 aromatic heterocycles. The van der Waals surface area contributed by atoms with Crippen molar-refractivity contribution >= 4 is 35.8 Å². The van der Waals surface area contributed by atoms with E-state index < -0.39 is 6.61 Å². The van der Waals surface area contributed by atoms with Crippen molar-refractivity contribution in [1.29, 1.82) is 0 Å². The second kappa shape index (κ2) is 14.4. The highest BCUT2D eigenvalue weighted by atomic mass is 127. The van der Waals surface area contributed by atoms with Gasteiger partial charge in [0.25, 0.3) is 0 Å². The Morgan fingerprint density at radius 2 is 1.85 bits per heavy atom. The molecule has 0 saturated heterocycles. The standard InChI is InChI=1S/C18H28F2N4O2.HI/c1-4-21-18(22-12-11-16(25)24(5-2)6-3)23-13-14-9-7-8-10-15(14)26-17(19)20;/h7-10,17H,4-6,11-13H2,1-3H3,(H2,21,22,23);1H. The van der Waals surface area contributed by atoms with Gasteiger partial charge in [0.15, 0.2) is 5.96 Å². The fourth-order valence-electron chi connectivity index (χ4n) is 2.37. The molecule has 6 nitrogen and oxygen atoms in total. The Morgan fingerprint density at radius 1 is 1.19 bits per heavy atom. The van der Waals surface area contributed by atoms with Crippen molar-refractivity contribution in [3.8, 4) is 5.75 Å². The van der Waals surface area contributed by atoms with Crippen molar-refractivity contribution in [2.24, 2.45) is 4.99 Å². The van der Waals surface area contributed by atoms with Crippen molar-refractivity contribution in [2.75, 3.05) is 26.2 Å². The minimum atomic E-state index is -2.88. The summed E-state index contributed by atoms with van der Waals surface area (Å²) in [5.74, 6) is 0.708. The maximum atomic E-state index is 12.5. The fraction of sp³-hybridized carbons (Fsp3) is 0.556. The second-order valence-electron chi connectivity index (χ2n) is 5.42. The lowest BCUT2D eigenvalue weighted by Crippen LogP contribution is -2.40. The van der Waals surface area contributed by atoms with Gasteiger partial charge in [0, 0.05) is 38.2 Å². The molecule has 0 aliphatic rings. The van der Waals surface area contributed by atoms with Crippen LogP contribution in [-0.2, 0) is 11.3 Å². The summed E-state index contributed by atoms with van der Waals surface area (Å²) < 4.78 is 29.4. The number of ether oxygens (including phenoxy) is 1. The van der Waals surface area contributed by atoms with E-state index in [4.69, 9.17) is 0 Å². The summed E-state index contributed by atoms with van der Waals surface area (Å²) in [5.41, 5.74) is 0.559. The number of carbonyl (C=O) groups excluding carboxylic acids is 1. The van der Waals surface area contributed by atoms with Gasteiger partial charge in [0.05, 0.1) is 6.54 Å². The summed E-state index contributed by atoms with van der Waals surface area (Å²) in [5, 5.41) is 6.16. The van der Waals surface area contributed by atoms with Gasteiger partial charge in [0.2, 0.25) is 5.91 Å². The Hall–Kier alpha value is -1.65. The van der Waals surface area contributed by atoms with Gasteiger partial charge in [-0.1, -0.05) is 18.2 Å². The van der Waals surface area contributed by atoms with Gasteiger partial charge in [-0.05, 0) is 26.8 Å². The normalized spacial score (nSPS) is 11.0. The van der Waals surface area contributed by atoms with E-state index in [9.17, 15) is 13.6 Å². The van der Waals surface area contributed by atoms with Crippen LogP contribution in [0.3, 0.4) is 0 Å². The third-order valence-corrected chi connectivity index (χ3v) is 3.69. The number of halogens is 3. The Labute approximate surface area is 176 Å². The molecule has 0 unspecified atom stereocenters. The van der Waals surface area contributed by atoms with Crippen LogP contribution in [0.5, 0.6) is 5.75 Å². The fourth-order valence-corrected chi connectivity index (χ4v) is 2.37. The van der Waals surface area contributed by atoms with Crippen molar-refractivity contribution < 1.29 is 18.3 Å². The molecule has 0 atom stereocenters. The van der Waals surface area contributed by atoms with Gasteiger partial charge >= 0.3 is 6.61 Å². The zero-order valence-electron chi connectivity index (χ0n) is 16.0. The van der Waals surface area contributed by atoms with Gasteiger partial charge in [-0.15, -0.1) is 24.0 Å². The number of amides is 1. The first-order valence-electron chi connectivity index (χ1n) is 8.84. The van der Waals surface area contributed by atoms with Crippen LogP contribution in [0, 0.1) is 0 Å². The molecule has 0 bridgehead atoms. The number of alkyl halides is 2. The first kappa shape index (κ1) is 25.4. The highest BCUT2D eigenvalue weighted by Gasteiger charge is 2.10. The molecule has 0 spiro atoms. The average molecular weight is 498 g/mol. The van der Waals surface area contributed by atoms with Crippen LogP contribution in [0.1, 0.15) is 32.8 Å². The molecule has 1 amide bonds. The third kappa shape index (κ3) is 9.73. The first-order valence-corrected chi connectivity index (χ1v) is 8.84. The zero-order chi connectivity index (χ0) is 19.4. The van der Waals surface area contributed by atoms with Crippen molar-refractivity contribution in [1.82, 2.24) is 15.5 Å². The van der Waals surface area contributed by atoms with Crippen molar-refractivity contribution in [3.05, 3.63) is 29.8 Å². The van der Waals surface area contributed by atoms with Gasteiger partial charge in [-0.3, -0.25) is 4.79 Å². The SMILES string of the molecule is CCNC(=NCc1ccccc1OC(F)F)NCCC(=O)N(CC)CC.I. The number of benzene rings is 1. The molecule has 0 aliphatic carbocycles. The predicted molar refractivity (Wildman–Crippen MR) is 114 cm³/mol. The zero-order valence-corrected chi connectivity index (χ0v) is 18.3. The van der Waals surface area contributed by atoms with Crippen LogP contribution in [0.2, 0.25) is 0 Å². The number of nitrogens with one attached hydrogen (secondary N) is 2. The van der Waals surface area contributed by atoms with Crippen LogP contribution < -0.4 is 15.4 Å².